The van der Waals surface area contributed by atoms with Crippen LogP contribution in [0.2, 0.25) is 10.2 Å². The Labute approximate surface area is 188 Å². The van der Waals surface area contributed by atoms with Gasteiger partial charge in [-0.25, -0.2) is 4.68 Å². The highest BCUT2D eigenvalue weighted by Gasteiger charge is 2.19. The lowest BCUT2D eigenvalue weighted by atomic mass is 9.91. The van der Waals surface area contributed by atoms with Crippen LogP contribution < -0.4 is 14.8 Å². The number of aryl methyl sites for hydroxylation is 1. The Morgan fingerprint density at radius 2 is 1.90 bits per heavy atom. The average Bonchev–Trinajstić information content (AvgIpc) is 3.08. The highest BCUT2D eigenvalue weighted by molar-refractivity contribution is 7.07. The molecule has 0 atom stereocenters. The number of halogens is 2. The van der Waals surface area contributed by atoms with Gasteiger partial charge < -0.3 is 4.57 Å². The van der Waals surface area contributed by atoms with Gasteiger partial charge in [0.05, 0.1) is 16.8 Å². The van der Waals surface area contributed by atoms with E-state index in [4.69, 9.17) is 23.2 Å². The first kappa shape index (κ1) is 22.5. The molecule has 0 aliphatic heterocycles. The third kappa shape index (κ3) is 4.61. The first-order valence-electron chi connectivity index (χ1n) is 9.39. The van der Waals surface area contributed by atoms with E-state index < -0.39 is 5.41 Å². The molecule has 0 amide bonds. The van der Waals surface area contributed by atoms with E-state index in [2.05, 4.69) is 5.10 Å². The van der Waals surface area contributed by atoms with Crippen molar-refractivity contribution >= 4 is 52.5 Å². The summed E-state index contributed by atoms with van der Waals surface area (Å²) in [6, 6.07) is 7.51. The van der Waals surface area contributed by atoms with Gasteiger partial charge >= 0.3 is 0 Å². The minimum absolute atomic E-state index is 0.0346. The van der Waals surface area contributed by atoms with E-state index in [0.717, 1.165) is 5.56 Å². The van der Waals surface area contributed by atoms with E-state index in [1.165, 1.54) is 22.0 Å². The molecule has 0 unspecified atom stereocenters. The molecule has 2 aromatic heterocycles. The van der Waals surface area contributed by atoms with E-state index in [0.29, 0.717) is 37.2 Å². The van der Waals surface area contributed by atoms with Crippen LogP contribution >= 0.6 is 34.5 Å². The molecule has 0 spiro atoms. The molecule has 0 saturated heterocycles. The number of nitrogens with zero attached hydrogens (tertiary/aromatic N) is 3. The number of hydrogen-bond donors (Lipinski definition) is 0. The van der Waals surface area contributed by atoms with Crippen molar-refractivity contribution in [3.05, 3.63) is 70.8 Å². The zero-order valence-electron chi connectivity index (χ0n) is 17.5. The Kier molecular flexibility index (Phi) is 6.41. The minimum Gasteiger partial charge on any atom is -0.302 e. The van der Waals surface area contributed by atoms with Gasteiger partial charge in [0, 0.05) is 29.1 Å². The van der Waals surface area contributed by atoms with Gasteiger partial charge in [-0.3, -0.25) is 9.59 Å². The minimum atomic E-state index is -0.510. The van der Waals surface area contributed by atoms with E-state index in [1.807, 2.05) is 52.0 Å². The summed E-state index contributed by atoms with van der Waals surface area (Å²) in [7, 11) is 1.66. The Morgan fingerprint density at radius 3 is 2.53 bits per heavy atom. The highest BCUT2D eigenvalue weighted by Crippen LogP contribution is 2.23. The molecule has 0 aliphatic rings. The van der Waals surface area contributed by atoms with Crippen molar-refractivity contribution in [2.45, 2.75) is 34.2 Å². The molecule has 5 nitrogen and oxygen atoms in total. The number of carbonyl (C=O) groups is 1. The van der Waals surface area contributed by atoms with Crippen molar-refractivity contribution in [2.24, 2.45) is 12.5 Å². The Hall–Kier alpha value is -2.15. The summed E-state index contributed by atoms with van der Waals surface area (Å²) in [6.45, 7) is 7.81. The fourth-order valence-corrected chi connectivity index (χ4v) is 4.29. The summed E-state index contributed by atoms with van der Waals surface area (Å²) >= 11 is 14.1. The molecule has 3 rings (SSSR count). The lowest BCUT2D eigenvalue weighted by Crippen LogP contribution is -2.30. The molecule has 0 bridgehead atoms. The second-order valence-corrected chi connectivity index (χ2v) is 9.94. The molecule has 0 aliphatic carbocycles. The number of thiazole rings is 1. The number of carbonyl (C=O) groups excluding carboxylic acids is 1. The summed E-state index contributed by atoms with van der Waals surface area (Å²) in [5.74, 6) is -0.0346. The SMILES string of the molecule is Cc1nn(Cc2ccccc2Cl)c(Cl)c1/C=c1\s/c(=C\C(=O)C(C)(C)C)n(C)c1=O. The normalized spacial score (nSPS) is 13.3. The van der Waals surface area contributed by atoms with E-state index >= 15 is 0 Å². The quantitative estimate of drug-likeness (QED) is 0.594. The van der Waals surface area contributed by atoms with Crippen LogP contribution in [0.3, 0.4) is 0 Å². The van der Waals surface area contributed by atoms with Crippen molar-refractivity contribution in [2.75, 3.05) is 0 Å². The average molecular weight is 464 g/mol. The van der Waals surface area contributed by atoms with Crippen LogP contribution in [0.1, 0.15) is 37.6 Å². The van der Waals surface area contributed by atoms with Gasteiger partial charge in [0.25, 0.3) is 5.56 Å². The molecule has 2 heterocycles. The molecule has 30 heavy (non-hydrogen) atoms. The van der Waals surface area contributed by atoms with Crippen LogP contribution in [0.5, 0.6) is 0 Å². The molecular formula is C22H23Cl2N3O2S. The summed E-state index contributed by atoms with van der Waals surface area (Å²) in [6.07, 6.45) is 3.26. The topological polar surface area (TPSA) is 56.9 Å². The van der Waals surface area contributed by atoms with E-state index in [9.17, 15) is 9.59 Å². The maximum absolute atomic E-state index is 12.7. The van der Waals surface area contributed by atoms with Crippen LogP contribution in [0.25, 0.3) is 12.2 Å². The number of hydrogen-bond acceptors (Lipinski definition) is 4. The molecule has 8 heteroatoms. The zero-order valence-corrected chi connectivity index (χ0v) is 19.8. The molecule has 0 fully saturated rings. The molecule has 0 N–H and O–H groups in total. The zero-order chi connectivity index (χ0) is 22.2. The molecule has 3 aromatic rings. The maximum atomic E-state index is 12.7. The van der Waals surface area contributed by atoms with Crippen LogP contribution in [-0.4, -0.2) is 20.1 Å². The number of benzene rings is 1. The number of aromatic nitrogens is 3. The number of Topliss-reactive ketones (excluding diaryl/α,β-unsaturated/α-hetero) is 1. The largest absolute Gasteiger partial charge is 0.302 e. The summed E-state index contributed by atoms with van der Waals surface area (Å²) in [5.41, 5.74) is 1.60. The Morgan fingerprint density at radius 1 is 1.23 bits per heavy atom. The Balaban J connectivity index is 2.07. The predicted octanol–water partition coefficient (Wildman–Crippen LogP) is 3.53. The molecule has 158 valence electrons. The summed E-state index contributed by atoms with van der Waals surface area (Å²) in [5, 5.41) is 5.58. The lowest BCUT2D eigenvalue weighted by Gasteiger charge is -2.12. The second kappa shape index (κ2) is 8.53. The molecule has 0 saturated carbocycles. The van der Waals surface area contributed by atoms with Crippen LogP contribution in [0, 0.1) is 12.3 Å². The summed E-state index contributed by atoms with van der Waals surface area (Å²) < 4.78 is 4.24. The van der Waals surface area contributed by atoms with Gasteiger partial charge in [0.1, 0.15) is 9.82 Å². The van der Waals surface area contributed by atoms with Crippen molar-refractivity contribution in [3.8, 4) is 0 Å². The number of rotatable bonds is 4. The number of ketones is 1. The van der Waals surface area contributed by atoms with Gasteiger partial charge in [-0.15, -0.1) is 11.3 Å². The van der Waals surface area contributed by atoms with Gasteiger partial charge in [-0.1, -0.05) is 62.2 Å². The maximum Gasteiger partial charge on any atom is 0.268 e. The summed E-state index contributed by atoms with van der Waals surface area (Å²) in [4.78, 5) is 25.1. The van der Waals surface area contributed by atoms with Gasteiger partial charge in [-0.05, 0) is 24.6 Å². The van der Waals surface area contributed by atoms with Crippen molar-refractivity contribution in [1.29, 1.82) is 0 Å². The van der Waals surface area contributed by atoms with Crippen molar-refractivity contribution < 1.29 is 4.79 Å². The molecule has 0 radical (unpaired) electrons. The predicted molar refractivity (Wildman–Crippen MR) is 124 cm³/mol. The fraction of sp³-hybridized carbons (Fsp3) is 0.318. The van der Waals surface area contributed by atoms with E-state index in [1.54, 1.807) is 17.8 Å². The monoisotopic (exact) mass is 463 g/mol. The first-order valence-corrected chi connectivity index (χ1v) is 11.0. The third-order valence-corrected chi connectivity index (χ3v) is 6.60. The first-order chi connectivity index (χ1) is 14.0. The van der Waals surface area contributed by atoms with Crippen LogP contribution in [-0.2, 0) is 18.4 Å². The highest BCUT2D eigenvalue weighted by atomic mass is 35.5. The van der Waals surface area contributed by atoms with Gasteiger partial charge in [-0.2, -0.15) is 5.10 Å². The Bertz CT molecular complexity index is 1290. The van der Waals surface area contributed by atoms with Crippen molar-refractivity contribution in [1.82, 2.24) is 14.3 Å². The van der Waals surface area contributed by atoms with Crippen LogP contribution in [0.4, 0.5) is 0 Å². The fourth-order valence-electron chi connectivity index (χ4n) is 2.79. The lowest BCUT2D eigenvalue weighted by molar-refractivity contribution is -0.120. The van der Waals surface area contributed by atoms with E-state index in [-0.39, 0.29) is 11.3 Å². The van der Waals surface area contributed by atoms with Gasteiger partial charge in [0.2, 0.25) is 0 Å². The molecular weight excluding hydrogens is 441 g/mol. The smallest absolute Gasteiger partial charge is 0.268 e. The van der Waals surface area contributed by atoms with Crippen LogP contribution in [0.15, 0.2) is 29.1 Å². The molecule has 1 aromatic carbocycles. The third-order valence-electron chi connectivity index (χ3n) is 4.72. The second-order valence-electron chi connectivity index (χ2n) is 8.11. The van der Waals surface area contributed by atoms with Crippen molar-refractivity contribution in [3.63, 3.8) is 0 Å². The van der Waals surface area contributed by atoms with Gasteiger partial charge in [0.15, 0.2) is 5.78 Å². The standard InChI is InChI=1S/C22H23Cl2N3O2S/c1-13-15(20(24)27(25-13)12-14-8-6-7-9-16(14)23)10-17-21(29)26(5)19(30-17)11-18(28)22(2,3)4/h6-11H,12H2,1-5H3/b17-10-,19-11-.